The van der Waals surface area contributed by atoms with E-state index in [-0.39, 0.29) is 0 Å². The van der Waals surface area contributed by atoms with Gasteiger partial charge in [-0.25, -0.2) is 7.94 Å². The van der Waals surface area contributed by atoms with Gasteiger partial charge in [0.05, 0.1) is 32.3 Å². The lowest BCUT2D eigenvalue weighted by Crippen LogP contribution is -1.91. The summed E-state index contributed by atoms with van der Waals surface area (Å²) in [5.41, 5.74) is 0. The highest BCUT2D eigenvalue weighted by atomic mass is 79.9. The van der Waals surface area contributed by atoms with E-state index in [1.807, 2.05) is 18.2 Å². The van der Waals surface area contributed by atoms with Crippen LogP contribution in [0.4, 0.5) is 5.82 Å². The van der Waals surface area contributed by atoms with Crippen molar-refractivity contribution < 1.29 is 0 Å². The predicted molar refractivity (Wildman–Crippen MR) is 44.6 cm³/mol. The molecular formula is C5H4Br2N2. The normalized spacial score (nSPS) is 9.11. The minimum atomic E-state index is 0.831. The van der Waals surface area contributed by atoms with E-state index in [1.165, 1.54) is 0 Å². The van der Waals surface area contributed by atoms with Crippen LogP contribution in [-0.2, 0) is 0 Å². The fourth-order valence-electron chi connectivity index (χ4n) is 0.454. The molecule has 0 aliphatic heterocycles. The predicted octanol–water partition coefficient (Wildman–Crippen LogP) is 2.51. The largest absolute Gasteiger partial charge is 0.238 e. The summed E-state index contributed by atoms with van der Waals surface area (Å²) < 4.78 is 1.60. The van der Waals surface area contributed by atoms with Crippen molar-refractivity contribution in [3.63, 3.8) is 0 Å². The molecule has 4 heteroatoms. The zero-order chi connectivity index (χ0) is 6.69. The first-order chi connectivity index (χ1) is 4.30. The van der Waals surface area contributed by atoms with Crippen LogP contribution in [0.1, 0.15) is 0 Å². The lowest BCUT2D eigenvalue weighted by molar-refractivity contribution is 1.32. The van der Waals surface area contributed by atoms with Crippen LogP contribution in [-0.4, -0.2) is 4.98 Å². The van der Waals surface area contributed by atoms with Crippen molar-refractivity contribution >= 4 is 38.1 Å². The minimum absolute atomic E-state index is 0.831. The van der Waals surface area contributed by atoms with Crippen molar-refractivity contribution in [3.05, 3.63) is 24.4 Å². The number of hydrogen-bond acceptors (Lipinski definition) is 2. The maximum absolute atomic E-state index is 4.01. The Hall–Kier alpha value is -0.0900. The van der Waals surface area contributed by atoms with Crippen molar-refractivity contribution in [1.29, 1.82) is 0 Å². The number of nitrogens with zero attached hydrogens (tertiary/aromatic N) is 2. The van der Waals surface area contributed by atoms with E-state index in [1.54, 1.807) is 9.15 Å². The van der Waals surface area contributed by atoms with Gasteiger partial charge in [0.2, 0.25) is 0 Å². The molecule has 0 aromatic carbocycles. The molecule has 0 unspecified atom stereocenters. The van der Waals surface area contributed by atoms with Crippen LogP contribution in [0.5, 0.6) is 0 Å². The Balaban J connectivity index is 2.85. The van der Waals surface area contributed by atoms with Crippen LogP contribution in [0, 0.1) is 0 Å². The summed E-state index contributed by atoms with van der Waals surface area (Å²) in [5.74, 6) is 0.831. The standard InChI is InChI=1S/C5H4Br2N2/c6-9(7)5-3-1-2-4-8-5/h1-4H. The van der Waals surface area contributed by atoms with Gasteiger partial charge in [-0.15, -0.1) is 0 Å². The molecule has 0 bridgehead atoms. The third-order valence-corrected chi connectivity index (χ3v) is 1.55. The zero-order valence-corrected chi connectivity index (χ0v) is 7.63. The molecule has 0 saturated heterocycles. The monoisotopic (exact) mass is 250 g/mol. The van der Waals surface area contributed by atoms with Gasteiger partial charge in [0.15, 0.2) is 0 Å². The van der Waals surface area contributed by atoms with Gasteiger partial charge in [0.25, 0.3) is 0 Å². The molecule has 1 heterocycles. The van der Waals surface area contributed by atoms with E-state index in [0.717, 1.165) is 5.82 Å². The van der Waals surface area contributed by atoms with E-state index in [0.29, 0.717) is 0 Å². The first kappa shape index (κ1) is 7.02. The fourth-order valence-corrected chi connectivity index (χ4v) is 0.873. The molecule has 2 nitrogen and oxygen atoms in total. The Bertz CT molecular complexity index is 176. The molecule has 0 saturated carbocycles. The molecule has 0 fully saturated rings. The topological polar surface area (TPSA) is 16.1 Å². The highest BCUT2D eigenvalue weighted by Gasteiger charge is 1.94. The number of halogens is 2. The smallest absolute Gasteiger partial charge is 0.148 e. The van der Waals surface area contributed by atoms with E-state index < -0.39 is 0 Å². The molecule has 0 amide bonds. The Morgan fingerprint density at radius 1 is 1.33 bits per heavy atom. The van der Waals surface area contributed by atoms with Crippen molar-refractivity contribution in [3.8, 4) is 0 Å². The summed E-state index contributed by atoms with van der Waals surface area (Å²) in [6.07, 6.45) is 1.73. The molecule has 0 atom stereocenters. The summed E-state index contributed by atoms with van der Waals surface area (Å²) in [7, 11) is 0. The van der Waals surface area contributed by atoms with Gasteiger partial charge in [-0.1, -0.05) is 6.07 Å². The molecule has 0 aliphatic carbocycles. The van der Waals surface area contributed by atoms with E-state index >= 15 is 0 Å². The molecule has 0 spiro atoms. The number of pyridine rings is 1. The fraction of sp³-hybridized carbons (Fsp3) is 0. The van der Waals surface area contributed by atoms with Gasteiger partial charge in [0.1, 0.15) is 5.82 Å². The first-order valence-electron chi connectivity index (χ1n) is 2.33. The highest BCUT2D eigenvalue weighted by Crippen LogP contribution is 2.17. The average molecular weight is 252 g/mol. The van der Waals surface area contributed by atoms with Crippen molar-refractivity contribution in [2.45, 2.75) is 0 Å². The van der Waals surface area contributed by atoms with Crippen LogP contribution >= 0.6 is 32.3 Å². The van der Waals surface area contributed by atoms with Gasteiger partial charge in [0, 0.05) is 6.20 Å². The number of rotatable bonds is 1. The summed E-state index contributed by atoms with van der Waals surface area (Å²) in [6.45, 7) is 0. The Morgan fingerprint density at radius 3 is 2.44 bits per heavy atom. The molecule has 0 aliphatic rings. The number of hydrogen-bond donors (Lipinski definition) is 0. The van der Waals surface area contributed by atoms with E-state index in [2.05, 4.69) is 37.3 Å². The second kappa shape index (κ2) is 3.17. The van der Waals surface area contributed by atoms with E-state index in [4.69, 9.17) is 0 Å². The first-order valence-corrected chi connectivity index (χ1v) is 3.75. The van der Waals surface area contributed by atoms with Gasteiger partial charge < -0.3 is 0 Å². The maximum atomic E-state index is 4.01. The number of anilines is 1. The molecular weight excluding hydrogens is 248 g/mol. The SMILES string of the molecule is BrN(Br)c1ccccn1. The second-order valence-corrected chi connectivity index (χ2v) is 3.79. The quantitative estimate of drug-likeness (QED) is 0.714. The minimum Gasteiger partial charge on any atom is -0.238 e. The lowest BCUT2D eigenvalue weighted by atomic mass is 10.5. The lowest BCUT2D eigenvalue weighted by Gasteiger charge is -2.02. The van der Waals surface area contributed by atoms with Gasteiger partial charge in [-0.3, -0.25) is 0 Å². The average Bonchev–Trinajstić information content (AvgIpc) is 1.90. The third kappa shape index (κ3) is 1.95. The summed E-state index contributed by atoms with van der Waals surface area (Å²) >= 11 is 6.34. The van der Waals surface area contributed by atoms with Crippen molar-refractivity contribution in [2.24, 2.45) is 0 Å². The molecule has 1 aromatic heterocycles. The van der Waals surface area contributed by atoms with Gasteiger partial charge in [-0.05, 0) is 12.1 Å². The van der Waals surface area contributed by atoms with Crippen LogP contribution < -0.4 is 2.95 Å². The van der Waals surface area contributed by atoms with Gasteiger partial charge >= 0.3 is 0 Å². The summed E-state index contributed by atoms with van der Waals surface area (Å²) in [5, 5.41) is 0. The van der Waals surface area contributed by atoms with Gasteiger partial charge in [-0.2, -0.15) is 0 Å². The number of aromatic nitrogens is 1. The van der Waals surface area contributed by atoms with Crippen LogP contribution in [0.2, 0.25) is 0 Å². The molecule has 1 rings (SSSR count). The van der Waals surface area contributed by atoms with Crippen LogP contribution in [0.3, 0.4) is 0 Å². The van der Waals surface area contributed by atoms with Crippen LogP contribution in [0.25, 0.3) is 0 Å². The maximum Gasteiger partial charge on any atom is 0.148 e. The second-order valence-electron chi connectivity index (χ2n) is 1.42. The Morgan fingerprint density at radius 2 is 2.11 bits per heavy atom. The Labute approximate surface area is 70.6 Å². The van der Waals surface area contributed by atoms with Crippen LogP contribution in [0.15, 0.2) is 24.4 Å². The molecule has 0 N–H and O–H groups in total. The Kier molecular flexibility index (Phi) is 2.48. The molecule has 0 radical (unpaired) electrons. The molecule has 1 aromatic rings. The zero-order valence-electron chi connectivity index (χ0n) is 4.46. The summed E-state index contributed by atoms with van der Waals surface area (Å²) in [6, 6.07) is 5.66. The van der Waals surface area contributed by atoms with E-state index in [9.17, 15) is 0 Å². The highest BCUT2D eigenvalue weighted by molar-refractivity contribution is 9.25. The third-order valence-electron chi connectivity index (χ3n) is 0.822. The molecule has 9 heavy (non-hydrogen) atoms. The van der Waals surface area contributed by atoms with Crippen molar-refractivity contribution in [1.82, 2.24) is 4.98 Å². The molecule has 48 valence electrons. The summed E-state index contributed by atoms with van der Waals surface area (Å²) in [4.78, 5) is 4.01. The van der Waals surface area contributed by atoms with Crippen molar-refractivity contribution in [2.75, 3.05) is 2.95 Å².